The quantitative estimate of drug-likeness (QED) is 0.856. The van der Waals surface area contributed by atoms with Crippen LogP contribution < -0.4 is 4.90 Å². The Morgan fingerprint density at radius 1 is 1.08 bits per heavy atom. The van der Waals surface area contributed by atoms with E-state index in [-0.39, 0.29) is 5.91 Å². The number of benzene rings is 2. The van der Waals surface area contributed by atoms with E-state index in [1.54, 1.807) is 4.90 Å². The van der Waals surface area contributed by atoms with Crippen molar-refractivity contribution < 1.29 is 9.53 Å². The van der Waals surface area contributed by atoms with Crippen LogP contribution in [-0.2, 0) is 11.3 Å². The molecule has 0 aromatic heterocycles. The van der Waals surface area contributed by atoms with Gasteiger partial charge in [-0.15, -0.1) is 0 Å². The first-order valence-electron chi connectivity index (χ1n) is 8.80. The molecule has 0 bridgehead atoms. The summed E-state index contributed by atoms with van der Waals surface area (Å²) in [4.78, 5) is 17.1. The zero-order valence-electron chi connectivity index (χ0n) is 15.3. The van der Waals surface area contributed by atoms with Gasteiger partial charge in [-0.2, -0.15) is 0 Å². The minimum Gasteiger partial charge on any atom is -0.378 e. The Bertz CT molecular complexity index is 751. The summed E-state index contributed by atoms with van der Waals surface area (Å²) in [5.41, 5.74) is 5.36. The van der Waals surface area contributed by atoms with Crippen LogP contribution in [-0.4, -0.2) is 44.2 Å². The third-order valence-corrected chi connectivity index (χ3v) is 4.93. The van der Waals surface area contributed by atoms with Crippen molar-refractivity contribution in [3.8, 4) is 0 Å². The predicted molar refractivity (Wildman–Crippen MR) is 101 cm³/mol. The third kappa shape index (κ3) is 3.85. The third-order valence-electron chi connectivity index (χ3n) is 4.93. The van der Waals surface area contributed by atoms with E-state index in [0.29, 0.717) is 6.54 Å². The first kappa shape index (κ1) is 17.5. The lowest BCUT2D eigenvalue weighted by Crippen LogP contribution is -2.37. The van der Waals surface area contributed by atoms with Crippen LogP contribution in [0.5, 0.6) is 0 Å². The smallest absolute Gasteiger partial charge is 0.254 e. The van der Waals surface area contributed by atoms with Gasteiger partial charge in [-0.25, -0.2) is 0 Å². The van der Waals surface area contributed by atoms with Crippen LogP contribution in [0.15, 0.2) is 42.5 Å². The van der Waals surface area contributed by atoms with E-state index in [1.165, 1.54) is 11.3 Å². The maximum absolute atomic E-state index is 12.9. The number of ether oxygens (including phenoxy) is 1. The topological polar surface area (TPSA) is 32.8 Å². The summed E-state index contributed by atoms with van der Waals surface area (Å²) in [5.74, 6) is 0.0676. The van der Waals surface area contributed by atoms with Crippen molar-refractivity contribution >= 4 is 11.6 Å². The number of anilines is 1. The van der Waals surface area contributed by atoms with Crippen molar-refractivity contribution in [3.63, 3.8) is 0 Å². The predicted octanol–water partition coefficient (Wildman–Crippen LogP) is 3.41. The Hall–Kier alpha value is -2.33. The van der Waals surface area contributed by atoms with Gasteiger partial charge in [0.05, 0.1) is 13.2 Å². The molecule has 4 heteroatoms. The lowest BCUT2D eigenvalue weighted by Gasteiger charge is -2.31. The van der Waals surface area contributed by atoms with Crippen LogP contribution in [0.1, 0.15) is 27.0 Å². The fourth-order valence-electron chi connectivity index (χ4n) is 3.27. The maximum Gasteiger partial charge on any atom is 0.254 e. The summed E-state index contributed by atoms with van der Waals surface area (Å²) in [7, 11) is 1.88. The largest absolute Gasteiger partial charge is 0.378 e. The average molecular weight is 338 g/mol. The monoisotopic (exact) mass is 338 g/mol. The van der Waals surface area contributed by atoms with Gasteiger partial charge in [-0.05, 0) is 42.7 Å². The van der Waals surface area contributed by atoms with Gasteiger partial charge in [0.25, 0.3) is 5.91 Å². The standard InChI is InChI=1S/C21H26N2O2/c1-16-7-6-9-19(17(16)2)21(24)22(3)15-18-8-4-5-10-20(18)23-11-13-25-14-12-23/h4-10H,11-15H2,1-3H3. The minimum atomic E-state index is 0.0676. The average Bonchev–Trinajstić information content (AvgIpc) is 2.64. The molecular formula is C21H26N2O2. The number of morpholine rings is 1. The number of aryl methyl sites for hydroxylation is 1. The van der Waals surface area contributed by atoms with E-state index >= 15 is 0 Å². The van der Waals surface area contributed by atoms with Crippen molar-refractivity contribution in [1.82, 2.24) is 4.90 Å². The molecular weight excluding hydrogens is 312 g/mol. The molecule has 1 amide bonds. The van der Waals surface area contributed by atoms with Crippen molar-refractivity contribution in [2.75, 3.05) is 38.3 Å². The molecule has 25 heavy (non-hydrogen) atoms. The van der Waals surface area contributed by atoms with E-state index in [1.807, 2.05) is 45.2 Å². The number of carbonyl (C=O) groups excluding carboxylic acids is 1. The molecule has 4 nitrogen and oxygen atoms in total. The van der Waals surface area contributed by atoms with E-state index in [4.69, 9.17) is 4.74 Å². The van der Waals surface area contributed by atoms with Gasteiger partial charge in [0, 0.05) is 37.9 Å². The van der Waals surface area contributed by atoms with Crippen LogP contribution in [0.4, 0.5) is 5.69 Å². The van der Waals surface area contributed by atoms with E-state index in [9.17, 15) is 4.79 Å². The summed E-state index contributed by atoms with van der Waals surface area (Å²) >= 11 is 0. The number of rotatable bonds is 4. The highest BCUT2D eigenvalue weighted by atomic mass is 16.5. The molecule has 0 saturated carbocycles. The second-order valence-electron chi connectivity index (χ2n) is 6.64. The van der Waals surface area contributed by atoms with Crippen LogP contribution >= 0.6 is 0 Å². The number of amides is 1. The SMILES string of the molecule is Cc1cccc(C(=O)N(C)Cc2ccccc2N2CCOCC2)c1C. The molecule has 2 aromatic rings. The Morgan fingerprint density at radius 3 is 2.56 bits per heavy atom. The Morgan fingerprint density at radius 2 is 1.80 bits per heavy atom. The maximum atomic E-state index is 12.9. The second kappa shape index (κ2) is 7.70. The van der Waals surface area contributed by atoms with Crippen molar-refractivity contribution in [1.29, 1.82) is 0 Å². The Labute approximate surface area is 150 Å². The molecule has 1 aliphatic rings. The fraction of sp³-hybridized carbons (Fsp3) is 0.381. The highest BCUT2D eigenvalue weighted by Crippen LogP contribution is 2.24. The molecule has 0 atom stereocenters. The molecule has 132 valence electrons. The number of hydrogen-bond acceptors (Lipinski definition) is 3. The van der Waals surface area contributed by atoms with Gasteiger partial charge in [0.1, 0.15) is 0 Å². The van der Waals surface area contributed by atoms with Gasteiger partial charge in [0.2, 0.25) is 0 Å². The molecule has 1 aliphatic heterocycles. The molecule has 1 saturated heterocycles. The molecule has 2 aromatic carbocycles. The molecule has 3 rings (SSSR count). The van der Waals surface area contributed by atoms with Gasteiger partial charge in [0.15, 0.2) is 0 Å². The number of hydrogen-bond donors (Lipinski definition) is 0. The normalized spacial score (nSPS) is 14.4. The van der Waals surface area contributed by atoms with Gasteiger partial charge in [-0.3, -0.25) is 4.79 Å². The van der Waals surface area contributed by atoms with Crippen LogP contribution in [0.3, 0.4) is 0 Å². The number of para-hydroxylation sites is 1. The number of nitrogens with zero attached hydrogens (tertiary/aromatic N) is 2. The van der Waals surface area contributed by atoms with E-state index < -0.39 is 0 Å². The van der Waals surface area contributed by atoms with Crippen molar-refractivity contribution in [2.24, 2.45) is 0 Å². The van der Waals surface area contributed by atoms with Crippen LogP contribution in [0.2, 0.25) is 0 Å². The lowest BCUT2D eigenvalue weighted by molar-refractivity contribution is 0.0784. The van der Waals surface area contributed by atoms with Crippen LogP contribution in [0, 0.1) is 13.8 Å². The highest BCUT2D eigenvalue weighted by molar-refractivity contribution is 5.95. The van der Waals surface area contributed by atoms with Crippen molar-refractivity contribution in [2.45, 2.75) is 20.4 Å². The van der Waals surface area contributed by atoms with Gasteiger partial charge >= 0.3 is 0 Å². The highest BCUT2D eigenvalue weighted by Gasteiger charge is 2.19. The second-order valence-corrected chi connectivity index (χ2v) is 6.64. The Balaban J connectivity index is 1.80. The number of carbonyl (C=O) groups is 1. The molecule has 1 fully saturated rings. The zero-order valence-corrected chi connectivity index (χ0v) is 15.3. The molecule has 1 heterocycles. The molecule has 0 N–H and O–H groups in total. The van der Waals surface area contributed by atoms with E-state index in [0.717, 1.165) is 43.0 Å². The molecule has 0 spiro atoms. The molecule has 0 radical (unpaired) electrons. The summed E-state index contributed by atoms with van der Waals surface area (Å²) in [6.07, 6.45) is 0. The minimum absolute atomic E-state index is 0.0676. The first-order valence-corrected chi connectivity index (χ1v) is 8.80. The van der Waals surface area contributed by atoms with Gasteiger partial charge < -0.3 is 14.5 Å². The summed E-state index contributed by atoms with van der Waals surface area (Å²) in [6.45, 7) is 7.95. The van der Waals surface area contributed by atoms with Crippen molar-refractivity contribution in [3.05, 3.63) is 64.7 Å². The zero-order chi connectivity index (χ0) is 17.8. The Kier molecular flexibility index (Phi) is 5.39. The summed E-state index contributed by atoms with van der Waals surface area (Å²) in [6, 6.07) is 14.2. The molecule has 0 aliphatic carbocycles. The van der Waals surface area contributed by atoms with E-state index in [2.05, 4.69) is 23.1 Å². The van der Waals surface area contributed by atoms with Gasteiger partial charge in [-0.1, -0.05) is 30.3 Å². The van der Waals surface area contributed by atoms with Crippen LogP contribution in [0.25, 0.3) is 0 Å². The summed E-state index contributed by atoms with van der Waals surface area (Å²) < 4.78 is 5.46. The lowest BCUT2D eigenvalue weighted by atomic mass is 10.0. The first-order chi connectivity index (χ1) is 12.1. The molecule has 0 unspecified atom stereocenters. The fourth-order valence-corrected chi connectivity index (χ4v) is 3.27. The summed E-state index contributed by atoms with van der Waals surface area (Å²) in [5, 5.41) is 0.